The van der Waals surface area contributed by atoms with Gasteiger partial charge in [-0.2, -0.15) is 5.26 Å². The van der Waals surface area contributed by atoms with E-state index in [-0.39, 0.29) is 23.6 Å². The minimum atomic E-state index is -1.23. The second kappa shape index (κ2) is 8.73. The molecule has 4 rings (SSSR count). The third-order valence-electron chi connectivity index (χ3n) is 6.64. The summed E-state index contributed by atoms with van der Waals surface area (Å²) in [5.74, 6) is 0.0488. The monoisotopic (exact) mass is 478 g/mol. The predicted molar refractivity (Wildman–Crippen MR) is 127 cm³/mol. The van der Waals surface area contributed by atoms with Crippen LogP contribution in [0.15, 0.2) is 28.7 Å². The summed E-state index contributed by atoms with van der Waals surface area (Å²) >= 11 is 0. The van der Waals surface area contributed by atoms with Crippen molar-refractivity contribution in [3.05, 3.63) is 47.0 Å². The Labute approximate surface area is 204 Å². The molecule has 1 N–H and O–H groups in total. The zero-order valence-corrected chi connectivity index (χ0v) is 20.7. The average Bonchev–Trinajstić information content (AvgIpc) is 3.31. The molecule has 1 aromatic carbocycles. The molecule has 0 aliphatic carbocycles. The number of nitriles is 1. The molecule has 2 aromatic rings. The fraction of sp³-hybridized carbons (Fsp3) is 0.480. The van der Waals surface area contributed by atoms with Crippen molar-refractivity contribution >= 4 is 23.7 Å². The lowest BCUT2D eigenvalue weighted by atomic mass is 9.84. The van der Waals surface area contributed by atoms with Crippen LogP contribution in [0, 0.1) is 18.3 Å². The highest BCUT2D eigenvalue weighted by Gasteiger charge is 2.49. The lowest BCUT2D eigenvalue weighted by Gasteiger charge is -2.35. The number of imide groups is 1. The van der Waals surface area contributed by atoms with Crippen LogP contribution in [0.4, 0.5) is 10.7 Å². The molecule has 2 aliphatic rings. The predicted octanol–water partition coefficient (Wildman–Crippen LogP) is 2.27. The van der Waals surface area contributed by atoms with E-state index in [1.165, 1.54) is 0 Å². The SMILES string of the molecule is Cc1nc(C#N)c(N2CCN(C(=O)CN3C(=O)NC(C)(c4ccc(C(C)(C)C)cc4)C3=O)CC2)o1. The van der Waals surface area contributed by atoms with Gasteiger partial charge in [-0.1, -0.05) is 45.0 Å². The largest absolute Gasteiger partial charge is 0.424 e. The van der Waals surface area contributed by atoms with E-state index in [2.05, 4.69) is 31.1 Å². The van der Waals surface area contributed by atoms with Gasteiger partial charge in [0.25, 0.3) is 5.91 Å². The van der Waals surface area contributed by atoms with Crippen molar-refractivity contribution in [2.24, 2.45) is 0 Å². The summed E-state index contributed by atoms with van der Waals surface area (Å²) < 4.78 is 5.55. The van der Waals surface area contributed by atoms with Crippen LogP contribution in [0.1, 0.15) is 50.4 Å². The van der Waals surface area contributed by atoms with Gasteiger partial charge in [-0.25, -0.2) is 9.78 Å². The number of anilines is 1. The van der Waals surface area contributed by atoms with Crippen LogP contribution < -0.4 is 10.2 Å². The Bertz CT molecular complexity index is 1200. The van der Waals surface area contributed by atoms with Crippen LogP contribution in [0.2, 0.25) is 0 Å². The van der Waals surface area contributed by atoms with E-state index in [1.54, 1.807) is 18.7 Å². The van der Waals surface area contributed by atoms with Gasteiger partial charge in [-0.05, 0) is 23.5 Å². The van der Waals surface area contributed by atoms with Gasteiger partial charge in [0.05, 0.1) is 0 Å². The summed E-state index contributed by atoms with van der Waals surface area (Å²) in [7, 11) is 0. The molecule has 1 atom stereocenters. The molecular weight excluding hydrogens is 448 g/mol. The van der Waals surface area contributed by atoms with E-state index >= 15 is 0 Å². The van der Waals surface area contributed by atoms with Gasteiger partial charge in [0, 0.05) is 33.1 Å². The number of hydrogen-bond acceptors (Lipinski definition) is 7. The quantitative estimate of drug-likeness (QED) is 0.669. The zero-order chi connectivity index (χ0) is 25.5. The van der Waals surface area contributed by atoms with Crippen molar-refractivity contribution in [1.29, 1.82) is 5.26 Å². The van der Waals surface area contributed by atoms with Crippen LogP contribution >= 0.6 is 0 Å². The smallest absolute Gasteiger partial charge is 0.325 e. The molecule has 1 aromatic heterocycles. The van der Waals surface area contributed by atoms with E-state index in [0.717, 1.165) is 10.5 Å². The first kappa shape index (κ1) is 24.3. The molecule has 35 heavy (non-hydrogen) atoms. The number of carbonyl (C=O) groups excluding carboxylic acids is 3. The van der Waals surface area contributed by atoms with Gasteiger partial charge in [0.15, 0.2) is 5.89 Å². The number of urea groups is 1. The average molecular weight is 479 g/mol. The van der Waals surface area contributed by atoms with E-state index < -0.39 is 17.5 Å². The van der Waals surface area contributed by atoms with Crippen LogP contribution in [-0.2, 0) is 20.5 Å². The van der Waals surface area contributed by atoms with Crippen molar-refractivity contribution in [3.8, 4) is 6.07 Å². The molecule has 1 unspecified atom stereocenters. The Morgan fingerprint density at radius 1 is 1.17 bits per heavy atom. The highest BCUT2D eigenvalue weighted by Crippen LogP contribution is 2.31. The van der Waals surface area contributed by atoms with E-state index in [4.69, 9.17) is 4.42 Å². The summed E-state index contributed by atoms with van der Waals surface area (Å²) in [4.78, 5) is 47.4. The maximum atomic E-state index is 13.3. The van der Waals surface area contributed by atoms with E-state index in [9.17, 15) is 19.6 Å². The second-order valence-electron chi connectivity index (χ2n) is 10.1. The number of amides is 4. The maximum absolute atomic E-state index is 13.3. The number of carbonyl (C=O) groups is 3. The molecule has 2 fully saturated rings. The normalized spacial score (nSPS) is 20.7. The molecular formula is C25H30N6O4. The number of nitrogens with one attached hydrogen (secondary N) is 1. The zero-order valence-electron chi connectivity index (χ0n) is 20.7. The third-order valence-corrected chi connectivity index (χ3v) is 6.64. The van der Waals surface area contributed by atoms with Crippen molar-refractivity contribution in [3.63, 3.8) is 0 Å². The Kier molecular flexibility index (Phi) is 6.05. The van der Waals surface area contributed by atoms with Crippen LogP contribution in [0.3, 0.4) is 0 Å². The van der Waals surface area contributed by atoms with E-state index in [0.29, 0.717) is 43.5 Å². The van der Waals surface area contributed by atoms with Gasteiger partial charge < -0.3 is 19.5 Å². The summed E-state index contributed by atoms with van der Waals surface area (Å²) in [5, 5.41) is 12.0. The summed E-state index contributed by atoms with van der Waals surface area (Å²) in [6.45, 7) is 11.0. The van der Waals surface area contributed by atoms with Crippen LogP contribution in [0.25, 0.3) is 0 Å². The van der Waals surface area contributed by atoms with Gasteiger partial charge in [0.1, 0.15) is 18.2 Å². The minimum absolute atomic E-state index is 0.0344. The van der Waals surface area contributed by atoms with Crippen molar-refractivity contribution in [2.75, 3.05) is 37.6 Å². The molecule has 3 heterocycles. The lowest BCUT2D eigenvalue weighted by molar-refractivity contribution is -0.139. The molecule has 0 bridgehead atoms. The molecule has 0 spiro atoms. The highest BCUT2D eigenvalue weighted by atomic mass is 16.4. The topological polar surface area (TPSA) is 123 Å². The first-order chi connectivity index (χ1) is 16.4. The third kappa shape index (κ3) is 4.46. The molecule has 10 heteroatoms. The Morgan fingerprint density at radius 3 is 2.37 bits per heavy atom. The Morgan fingerprint density at radius 2 is 1.80 bits per heavy atom. The Hall–Kier alpha value is -3.87. The number of aromatic nitrogens is 1. The maximum Gasteiger partial charge on any atom is 0.325 e. The summed E-state index contributed by atoms with van der Waals surface area (Å²) in [5.41, 5.74) is 0.743. The van der Waals surface area contributed by atoms with Crippen molar-refractivity contribution in [2.45, 2.75) is 45.6 Å². The number of nitrogens with zero attached hydrogens (tertiary/aromatic N) is 5. The van der Waals surface area contributed by atoms with Crippen LogP contribution in [0.5, 0.6) is 0 Å². The fourth-order valence-corrected chi connectivity index (χ4v) is 4.44. The first-order valence-corrected chi connectivity index (χ1v) is 11.6. The minimum Gasteiger partial charge on any atom is -0.424 e. The molecule has 2 aliphatic heterocycles. The first-order valence-electron chi connectivity index (χ1n) is 11.6. The number of rotatable bonds is 4. The van der Waals surface area contributed by atoms with Crippen molar-refractivity contribution in [1.82, 2.24) is 20.1 Å². The Balaban J connectivity index is 1.41. The van der Waals surface area contributed by atoms with Gasteiger partial charge in [-0.3, -0.25) is 14.5 Å². The fourth-order valence-electron chi connectivity index (χ4n) is 4.44. The molecule has 2 saturated heterocycles. The summed E-state index contributed by atoms with van der Waals surface area (Å²) in [6, 6.07) is 9.06. The number of aryl methyl sites for hydroxylation is 1. The summed E-state index contributed by atoms with van der Waals surface area (Å²) in [6.07, 6.45) is 0. The number of piperazine rings is 1. The molecule has 0 radical (unpaired) electrons. The number of oxazole rings is 1. The van der Waals surface area contributed by atoms with Crippen LogP contribution in [-0.4, -0.2) is 65.4 Å². The highest BCUT2D eigenvalue weighted by molar-refractivity contribution is 6.09. The van der Waals surface area contributed by atoms with E-state index in [1.807, 2.05) is 35.2 Å². The standard InChI is InChI=1S/C25H30N6O4/c1-16-27-19(14-26)21(35-16)30-12-10-29(11-13-30)20(32)15-31-22(33)25(5,28-23(31)34)18-8-6-17(7-9-18)24(2,3)4/h6-9H,10-13,15H2,1-5H3,(H,28,34). The van der Waals surface area contributed by atoms with Gasteiger partial charge >= 0.3 is 6.03 Å². The molecule has 10 nitrogen and oxygen atoms in total. The van der Waals surface area contributed by atoms with Crippen molar-refractivity contribution < 1.29 is 18.8 Å². The second-order valence-corrected chi connectivity index (χ2v) is 10.1. The molecule has 0 saturated carbocycles. The van der Waals surface area contributed by atoms with Gasteiger partial charge in [0.2, 0.25) is 17.5 Å². The van der Waals surface area contributed by atoms with Gasteiger partial charge in [-0.15, -0.1) is 0 Å². The lowest BCUT2D eigenvalue weighted by Crippen LogP contribution is -2.52. The molecule has 184 valence electrons. The molecule has 4 amide bonds. The number of benzene rings is 1. The number of hydrogen-bond donors (Lipinski definition) is 1.